The maximum atomic E-state index is 11.6. The van der Waals surface area contributed by atoms with Crippen LogP contribution >= 0.6 is 0 Å². The van der Waals surface area contributed by atoms with E-state index in [4.69, 9.17) is 4.74 Å². The van der Waals surface area contributed by atoms with Crippen molar-refractivity contribution in [2.45, 2.75) is 78.2 Å². The van der Waals surface area contributed by atoms with Gasteiger partial charge in [-0.3, -0.25) is 4.79 Å². The number of rotatable bonds is 6. The summed E-state index contributed by atoms with van der Waals surface area (Å²) in [5.41, 5.74) is 2.89. The quantitative estimate of drug-likeness (QED) is 0.789. The summed E-state index contributed by atoms with van der Waals surface area (Å²) < 4.78 is 6.16. The van der Waals surface area contributed by atoms with E-state index >= 15 is 0 Å². The third kappa shape index (κ3) is 2.99. The Morgan fingerprint density at radius 2 is 1.86 bits per heavy atom. The van der Waals surface area contributed by atoms with Crippen LogP contribution < -0.4 is 4.74 Å². The molecule has 1 aliphatic rings. The lowest BCUT2D eigenvalue weighted by molar-refractivity contribution is 0.0969. The largest absolute Gasteiger partial charge is 0.507 e. The Kier molecular flexibility index (Phi) is 5.15. The van der Waals surface area contributed by atoms with Crippen molar-refractivity contribution in [2.75, 3.05) is 0 Å². The first-order chi connectivity index (χ1) is 10.5. The standard InChI is InChI=1S/C19H27O3/c1-5-6-7-8-10-19(12-20)11-9-16-15(4)17(21)13(2)14(3)18(16)22-19/h21H,5-11H2,1-4H3. The van der Waals surface area contributed by atoms with E-state index in [1.807, 2.05) is 20.8 Å². The Hall–Kier alpha value is -1.51. The molecule has 1 aromatic rings. The minimum absolute atomic E-state index is 0.352. The minimum atomic E-state index is -0.804. The summed E-state index contributed by atoms with van der Waals surface area (Å²) in [6.07, 6.45) is 8.82. The average Bonchev–Trinajstić information content (AvgIpc) is 2.55. The maximum Gasteiger partial charge on any atom is 0.246 e. The lowest BCUT2D eigenvalue weighted by Crippen LogP contribution is -2.41. The molecule has 0 aliphatic carbocycles. The summed E-state index contributed by atoms with van der Waals surface area (Å²) in [6, 6.07) is 0. The Bertz CT molecular complexity index is 563. The number of hydrogen-bond acceptors (Lipinski definition) is 3. The van der Waals surface area contributed by atoms with Gasteiger partial charge in [-0.2, -0.15) is 0 Å². The summed E-state index contributed by atoms with van der Waals surface area (Å²) in [6.45, 7) is 7.94. The lowest BCUT2D eigenvalue weighted by Gasteiger charge is -2.36. The zero-order valence-corrected chi connectivity index (χ0v) is 14.2. The molecular formula is C19H27O3. The SMILES string of the molecule is CCCCCCC1([C]=O)CCc2c(C)c(O)c(C)c(C)c2O1. The Morgan fingerprint density at radius 1 is 1.14 bits per heavy atom. The zero-order valence-electron chi connectivity index (χ0n) is 14.2. The van der Waals surface area contributed by atoms with Crippen LogP contribution in [0.3, 0.4) is 0 Å². The minimum Gasteiger partial charge on any atom is -0.507 e. The van der Waals surface area contributed by atoms with Gasteiger partial charge in [-0.1, -0.05) is 26.2 Å². The highest BCUT2D eigenvalue weighted by molar-refractivity contribution is 5.67. The molecule has 1 heterocycles. The van der Waals surface area contributed by atoms with Crippen LogP contribution in [-0.2, 0) is 11.2 Å². The van der Waals surface area contributed by atoms with Crippen molar-refractivity contribution in [1.29, 1.82) is 0 Å². The van der Waals surface area contributed by atoms with Gasteiger partial charge in [0.25, 0.3) is 0 Å². The Labute approximate surface area is 133 Å². The van der Waals surface area contributed by atoms with E-state index in [1.54, 1.807) is 0 Å². The molecule has 0 bridgehead atoms. The number of unbranched alkanes of at least 4 members (excludes halogenated alkanes) is 3. The van der Waals surface area contributed by atoms with E-state index < -0.39 is 5.60 Å². The third-order valence-corrected chi connectivity index (χ3v) is 5.04. The molecule has 0 saturated heterocycles. The van der Waals surface area contributed by atoms with Crippen molar-refractivity contribution in [3.63, 3.8) is 0 Å². The molecule has 0 aromatic heterocycles. The molecule has 3 heteroatoms. The normalized spacial score (nSPS) is 20.4. The van der Waals surface area contributed by atoms with Crippen molar-refractivity contribution in [3.05, 3.63) is 22.3 Å². The molecule has 1 atom stereocenters. The first-order valence-electron chi connectivity index (χ1n) is 8.35. The summed E-state index contributed by atoms with van der Waals surface area (Å²) in [5.74, 6) is 1.14. The molecule has 3 nitrogen and oxygen atoms in total. The van der Waals surface area contributed by atoms with E-state index in [2.05, 4.69) is 13.2 Å². The van der Waals surface area contributed by atoms with Crippen LogP contribution in [0.25, 0.3) is 0 Å². The van der Waals surface area contributed by atoms with Crippen molar-refractivity contribution in [1.82, 2.24) is 0 Å². The van der Waals surface area contributed by atoms with Gasteiger partial charge in [0, 0.05) is 5.56 Å². The van der Waals surface area contributed by atoms with Gasteiger partial charge >= 0.3 is 0 Å². The molecular weight excluding hydrogens is 276 g/mol. The van der Waals surface area contributed by atoms with Crippen molar-refractivity contribution < 1.29 is 14.6 Å². The first-order valence-corrected chi connectivity index (χ1v) is 8.35. The fourth-order valence-electron chi connectivity index (χ4n) is 3.32. The van der Waals surface area contributed by atoms with Gasteiger partial charge < -0.3 is 9.84 Å². The van der Waals surface area contributed by atoms with Crippen LogP contribution in [-0.4, -0.2) is 17.0 Å². The molecule has 0 spiro atoms. The van der Waals surface area contributed by atoms with Crippen LogP contribution in [0.1, 0.15) is 67.7 Å². The van der Waals surface area contributed by atoms with Crippen LogP contribution in [0.5, 0.6) is 11.5 Å². The lowest BCUT2D eigenvalue weighted by atomic mass is 9.84. The molecule has 1 unspecified atom stereocenters. The van der Waals surface area contributed by atoms with E-state index in [-0.39, 0.29) is 0 Å². The number of phenols is 1. The predicted octanol–water partition coefficient (Wildman–Crippen LogP) is 4.46. The number of fused-ring (bicyclic) bond motifs is 1. The second-order valence-corrected chi connectivity index (χ2v) is 6.54. The number of benzene rings is 1. The molecule has 2 rings (SSSR count). The van der Waals surface area contributed by atoms with Crippen LogP contribution in [0, 0.1) is 20.8 Å². The number of hydrogen-bond donors (Lipinski definition) is 1. The monoisotopic (exact) mass is 303 g/mol. The Morgan fingerprint density at radius 3 is 2.50 bits per heavy atom. The summed E-state index contributed by atoms with van der Waals surface area (Å²) in [4.78, 5) is 11.6. The van der Waals surface area contributed by atoms with Gasteiger partial charge in [0.1, 0.15) is 11.5 Å². The zero-order chi connectivity index (χ0) is 16.3. The highest BCUT2D eigenvalue weighted by Gasteiger charge is 2.38. The first kappa shape index (κ1) is 16.9. The fraction of sp³-hybridized carbons (Fsp3) is 0.632. The van der Waals surface area contributed by atoms with Gasteiger partial charge in [-0.25, -0.2) is 0 Å². The summed E-state index contributed by atoms with van der Waals surface area (Å²) >= 11 is 0. The van der Waals surface area contributed by atoms with E-state index in [0.717, 1.165) is 53.7 Å². The molecule has 1 aromatic carbocycles. The van der Waals surface area contributed by atoms with Crippen molar-refractivity contribution in [3.8, 4) is 11.5 Å². The van der Waals surface area contributed by atoms with E-state index in [0.29, 0.717) is 12.2 Å². The third-order valence-electron chi connectivity index (χ3n) is 5.04. The molecule has 0 saturated carbocycles. The van der Waals surface area contributed by atoms with Crippen LogP contribution in [0.2, 0.25) is 0 Å². The van der Waals surface area contributed by atoms with Gasteiger partial charge in [0.2, 0.25) is 6.29 Å². The summed E-state index contributed by atoms with van der Waals surface area (Å²) in [7, 11) is 0. The van der Waals surface area contributed by atoms with Gasteiger partial charge in [-0.15, -0.1) is 0 Å². The van der Waals surface area contributed by atoms with Gasteiger partial charge in [0.05, 0.1) is 0 Å². The fourth-order valence-corrected chi connectivity index (χ4v) is 3.32. The maximum absolute atomic E-state index is 11.6. The number of aromatic hydroxyl groups is 1. The average molecular weight is 303 g/mol. The molecule has 0 amide bonds. The second-order valence-electron chi connectivity index (χ2n) is 6.54. The van der Waals surface area contributed by atoms with Gasteiger partial charge in [0.15, 0.2) is 5.60 Å². The molecule has 1 radical (unpaired) electrons. The Balaban J connectivity index is 2.27. The van der Waals surface area contributed by atoms with Crippen molar-refractivity contribution >= 4 is 6.29 Å². The summed E-state index contributed by atoms with van der Waals surface area (Å²) in [5, 5.41) is 10.2. The smallest absolute Gasteiger partial charge is 0.246 e. The second kappa shape index (κ2) is 6.72. The van der Waals surface area contributed by atoms with Crippen LogP contribution in [0.15, 0.2) is 0 Å². The van der Waals surface area contributed by atoms with Crippen LogP contribution in [0.4, 0.5) is 0 Å². The van der Waals surface area contributed by atoms with E-state index in [1.165, 1.54) is 12.8 Å². The topological polar surface area (TPSA) is 46.5 Å². The van der Waals surface area contributed by atoms with Gasteiger partial charge in [-0.05, 0) is 63.1 Å². The van der Waals surface area contributed by atoms with Crippen molar-refractivity contribution in [2.24, 2.45) is 0 Å². The molecule has 22 heavy (non-hydrogen) atoms. The number of carbonyl (C=O) groups excluding carboxylic acids is 1. The molecule has 0 fully saturated rings. The predicted molar refractivity (Wildman–Crippen MR) is 88.5 cm³/mol. The molecule has 121 valence electrons. The highest BCUT2D eigenvalue weighted by atomic mass is 16.5. The highest BCUT2D eigenvalue weighted by Crippen LogP contribution is 2.44. The number of phenolic OH excluding ortho intramolecular Hbond substituents is 1. The van der Waals surface area contributed by atoms with E-state index in [9.17, 15) is 9.90 Å². The molecule has 1 N–H and O–H groups in total. The number of ether oxygens (including phenoxy) is 1. The molecule has 1 aliphatic heterocycles.